The van der Waals surface area contributed by atoms with Gasteiger partial charge >= 0.3 is 0 Å². The van der Waals surface area contributed by atoms with Gasteiger partial charge in [-0.3, -0.25) is 4.79 Å². The van der Waals surface area contributed by atoms with E-state index in [1.54, 1.807) is 6.08 Å². The molecule has 1 heterocycles. The first kappa shape index (κ1) is 19.9. The average molecular weight is 454 g/mol. The van der Waals surface area contributed by atoms with Crippen molar-refractivity contribution in [1.82, 2.24) is 0 Å². The lowest BCUT2D eigenvalue weighted by atomic mass is 10.1. The molecule has 5 nitrogen and oxygen atoms in total. The molecule has 3 rings (SSSR count). The fourth-order valence-corrected chi connectivity index (χ4v) is 3.66. The van der Waals surface area contributed by atoms with Crippen LogP contribution in [-0.4, -0.2) is 31.2 Å². The minimum atomic E-state index is -0.374. The first-order chi connectivity index (χ1) is 13.0. The number of benzene rings is 2. The van der Waals surface area contributed by atoms with Crippen LogP contribution < -0.4 is 4.74 Å². The van der Waals surface area contributed by atoms with Gasteiger partial charge in [0.15, 0.2) is 17.8 Å². The molecule has 0 bridgehead atoms. The molecule has 0 atom stereocenters. The largest absolute Gasteiger partial charge is 0.506 e. The molecule has 0 aromatic heterocycles. The summed E-state index contributed by atoms with van der Waals surface area (Å²) in [6.45, 7) is 1.37. The van der Waals surface area contributed by atoms with E-state index in [2.05, 4.69) is 15.9 Å². The zero-order chi connectivity index (χ0) is 19.4. The Morgan fingerprint density at radius 2 is 1.96 bits per heavy atom. The van der Waals surface area contributed by atoms with E-state index in [0.717, 1.165) is 17.5 Å². The highest BCUT2D eigenvalue weighted by Crippen LogP contribution is 2.42. The first-order valence-corrected chi connectivity index (χ1v) is 9.49. The monoisotopic (exact) mass is 452 g/mol. The maximum Gasteiger partial charge on any atom is 0.189 e. The van der Waals surface area contributed by atoms with E-state index in [0.29, 0.717) is 13.2 Å². The van der Waals surface area contributed by atoms with Crippen molar-refractivity contribution >= 4 is 39.4 Å². The molecule has 27 heavy (non-hydrogen) atoms. The van der Waals surface area contributed by atoms with Crippen molar-refractivity contribution in [2.45, 2.75) is 12.7 Å². The van der Waals surface area contributed by atoms with Gasteiger partial charge in [0.25, 0.3) is 0 Å². The summed E-state index contributed by atoms with van der Waals surface area (Å²) in [5.74, 6) is -0.314. The molecular formula is C20H18BrClO5. The maximum absolute atomic E-state index is 12.5. The Hall–Kier alpha value is -1.86. The highest BCUT2D eigenvalue weighted by atomic mass is 79.9. The van der Waals surface area contributed by atoms with Crippen LogP contribution in [0.4, 0.5) is 0 Å². The van der Waals surface area contributed by atoms with Gasteiger partial charge in [0.1, 0.15) is 10.2 Å². The van der Waals surface area contributed by atoms with E-state index >= 15 is 0 Å². The summed E-state index contributed by atoms with van der Waals surface area (Å²) < 4.78 is 16.5. The van der Waals surface area contributed by atoms with Gasteiger partial charge in [0.05, 0.1) is 30.9 Å². The SMILES string of the molecule is COc1c(Cl)cc(C(=O)C=Cc2ccc(C3OCCCO3)cc2)c(O)c1Br. The fraction of sp³-hybridized carbons (Fsp3) is 0.250. The molecule has 2 aromatic rings. The van der Waals surface area contributed by atoms with Crippen molar-refractivity contribution in [3.8, 4) is 11.5 Å². The number of aromatic hydroxyl groups is 1. The summed E-state index contributed by atoms with van der Waals surface area (Å²) >= 11 is 9.29. The first-order valence-electron chi connectivity index (χ1n) is 8.31. The number of hydrogen-bond acceptors (Lipinski definition) is 5. The van der Waals surface area contributed by atoms with E-state index in [1.165, 1.54) is 19.3 Å². The Morgan fingerprint density at radius 1 is 1.30 bits per heavy atom. The summed E-state index contributed by atoms with van der Waals surface area (Å²) in [5, 5.41) is 10.4. The quantitative estimate of drug-likeness (QED) is 0.501. The molecule has 1 fully saturated rings. The van der Waals surface area contributed by atoms with E-state index in [4.69, 9.17) is 25.8 Å². The Labute approximate surface area is 170 Å². The number of phenols is 1. The van der Waals surface area contributed by atoms with Gasteiger partial charge in [0.2, 0.25) is 0 Å². The molecule has 0 spiro atoms. The van der Waals surface area contributed by atoms with Crippen molar-refractivity contribution in [1.29, 1.82) is 0 Å². The van der Waals surface area contributed by atoms with Crippen LogP contribution in [0.2, 0.25) is 5.02 Å². The predicted octanol–water partition coefficient (Wildman–Crippen LogP) is 5.15. The molecule has 1 aliphatic rings. The van der Waals surface area contributed by atoms with Crippen LogP contribution in [-0.2, 0) is 9.47 Å². The summed E-state index contributed by atoms with van der Waals surface area (Å²) in [6, 6.07) is 8.93. The molecule has 2 aromatic carbocycles. The average Bonchev–Trinajstić information content (AvgIpc) is 2.70. The van der Waals surface area contributed by atoms with E-state index < -0.39 is 0 Å². The number of hydrogen-bond donors (Lipinski definition) is 1. The molecule has 0 unspecified atom stereocenters. The molecule has 0 saturated carbocycles. The minimum absolute atomic E-state index is 0.0875. The van der Waals surface area contributed by atoms with Crippen LogP contribution in [0.15, 0.2) is 40.9 Å². The van der Waals surface area contributed by atoms with Gasteiger partial charge < -0.3 is 19.3 Å². The third kappa shape index (κ3) is 4.52. The molecule has 142 valence electrons. The van der Waals surface area contributed by atoms with E-state index in [-0.39, 0.29) is 38.6 Å². The normalized spacial score (nSPS) is 15.2. The van der Waals surface area contributed by atoms with Gasteiger partial charge in [-0.15, -0.1) is 0 Å². The van der Waals surface area contributed by atoms with Crippen LogP contribution in [0, 0.1) is 0 Å². The molecule has 1 N–H and O–H groups in total. The number of halogens is 2. The lowest BCUT2D eigenvalue weighted by Gasteiger charge is -2.23. The Kier molecular flexibility index (Phi) is 6.55. The summed E-state index contributed by atoms with van der Waals surface area (Å²) in [5.41, 5.74) is 1.85. The molecule has 0 amide bonds. The van der Waals surface area contributed by atoms with Crippen molar-refractivity contribution in [3.05, 3.63) is 62.6 Å². The molecule has 0 aliphatic carbocycles. The van der Waals surface area contributed by atoms with Crippen molar-refractivity contribution < 1.29 is 24.1 Å². The zero-order valence-electron chi connectivity index (χ0n) is 14.6. The smallest absolute Gasteiger partial charge is 0.189 e. The maximum atomic E-state index is 12.5. The number of ketones is 1. The minimum Gasteiger partial charge on any atom is -0.506 e. The molecular weight excluding hydrogens is 436 g/mol. The Morgan fingerprint density at radius 3 is 2.59 bits per heavy atom. The van der Waals surface area contributed by atoms with Crippen LogP contribution in [0.3, 0.4) is 0 Å². The third-order valence-electron chi connectivity index (χ3n) is 4.08. The van der Waals surface area contributed by atoms with E-state index in [1.807, 2.05) is 24.3 Å². The predicted molar refractivity (Wildman–Crippen MR) is 106 cm³/mol. The van der Waals surface area contributed by atoms with Crippen molar-refractivity contribution in [3.63, 3.8) is 0 Å². The second kappa shape index (κ2) is 8.89. The second-order valence-electron chi connectivity index (χ2n) is 5.89. The van der Waals surface area contributed by atoms with Crippen molar-refractivity contribution in [2.24, 2.45) is 0 Å². The molecule has 0 radical (unpaired) electrons. The Balaban J connectivity index is 1.75. The van der Waals surface area contributed by atoms with Crippen LogP contribution >= 0.6 is 27.5 Å². The molecule has 7 heteroatoms. The Bertz CT molecular complexity index is 858. The van der Waals surface area contributed by atoms with Crippen LogP contribution in [0.25, 0.3) is 6.08 Å². The van der Waals surface area contributed by atoms with Crippen LogP contribution in [0.5, 0.6) is 11.5 Å². The van der Waals surface area contributed by atoms with Gasteiger partial charge in [-0.05, 0) is 40.1 Å². The number of methoxy groups -OCH3 is 1. The third-order valence-corrected chi connectivity index (χ3v) is 5.10. The van der Waals surface area contributed by atoms with Crippen LogP contribution in [0.1, 0.15) is 34.2 Å². The number of carbonyl (C=O) groups excluding carboxylic acids is 1. The highest BCUT2D eigenvalue weighted by molar-refractivity contribution is 9.10. The standard InChI is InChI=1S/C20H18BrClO5/c1-25-19-15(22)11-14(18(24)17(19)21)16(23)8-5-12-3-6-13(7-4-12)20-26-9-2-10-27-20/h3-8,11,20,24H,2,9-10H2,1H3. The lowest BCUT2D eigenvalue weighted by molar-refractivity contribution is -0.183. The number of ether oxygens (including phenoxy) is 3. The number of phenolic OH excluding ortho intramolecular Hbond substituents is 1. The van der Waals surface area contributed by atoms with Gasteiger partial charge in [-0.25, -0.2) is 0 Å². The number of carbonyl (C=O) groups is 1. The van der Waals surface area contributed by atoms with Gasteiger partial charge in [-0.2, -0.15) is 0 Å². The van der Waals surface area contributed by atoms with E-state index in [9.17, 15) is 9.90 Å². The number of allylic oxidation sites excluding steroid dienone is 1. The fourth-order valence-electron chi connectivity index (χ4n) is 2.67. The topological polar surface area (TPSA) is 65.0 Å². The second-order valence-corrected chi connectivity index (χ2v) is 7.09. The molecule has 1 aliphatic heterocycles. The summed E-state index contributed by atoms with van der Waals surface area (Å²) in [4.78, 5) is 12.5. The lowest BCUT2D eigenvalue weighted by Crippen LogP contribution is -2.17. The summed E-state index contributed by atoms with van der Waals surface area (Å²) in [7, 11) is 1.43. The highest BCUT2D eigenvalue weighted by Gasteiger charge is 2.19. The van der Waals surface area contributed by atoms with Gasteiger partial charge in [0, 0.05) is 5.56 Å². The molecule has 1 saturated heterocycles. The zero-order valence-corrected chi connectivity index (χ0v) is 16.9. The van der Waals surface area contributed by atoms with Gasteiger partial charge in [-0.1, -0.05) is 41.9 Å². The number of rotatable bonds is 5. The van der Waals surface area contributed by atoms with Crippen molar-refractivity contribution in [2.75, 3.05) is 20.3 Å². The summed E-state index contributed by atoms with van der Waals surface area (Å²) in [6.07, 6.45) is 3.61.